The Bertz CT molecular complexity index is 369. The van der Waals surface area contributed by atoms with Gasteiger partial charge in [-0.3, -0.25) is 4.79 Å². The fourth-order valence-electron chi connectivity index (χ4n) is 1.07. The van der Waals surface area contributed by atoms with Gasteiger partial charge in [-0.15, -0.1) is 0 Å². The molecule has 0 saturated carbocycles. The molecular weight excluding hydrogens is 208 g/mol. The zero-order chi connectivity index (χ0) is 12.6. The van der Waals surface area contributed by atoms with Crippen LogP contribution in [0.1, 0.15) is 11.1 Å². The van der Waals surface area contributed by atoms with Crippen molar-refractivity contribution in [3.05, 3.63) is 35.4 Å². The molecule has 0 aromatic heterocycles. The smallest absolute Gasteiger partial charge is 0.320 e. The Labute approximate surface area is 93.1 Å². The summed E-state index contributed by atoms with van der Waals surface area (Å²) in [5, 5.41) is 8.57. The van der Waals surface area contributed by atoms with E-state index in [4.69, 9.17) is 21.9 Å². The van der Waals surface area contributed by atoms with E-state index < -0.39 is 12.0 Å². The second-order valence-corrected chi connectivity index (χ2v) is 3.25. The van der Waals surface area contributed by atoms with E-state index in [1.807, 2.05) is 36.1 Å². The molecule has 0 spiro atoms. The summed E-state index contributed by atoms with van der Waals surface area (Å²) in [6, 6.07) is 6.90. The van der Waals surface area contributed by atoms with Gasteiger partial charge in [0.1, 0.15) is 17.1 Å². The number of aryl methyl sites for hydroxylation is 1. The normalized spacial score (nSPS) is 10.6. The molecule has 0 aliphatic heterocycles. The number of rotatable bonds is 3. The van der Waals surface area contributed by atoms with Gasteiger partial charge >= 0.3 is 5.97 Å². The molecule has 0 amide bonds. The van der Waals surface area contributed by atoms with Crippen LogP contribution >= 0.6 is 0 Å². The fraction of sp³-hybridized carbons (Fsp3) is 0.300. The maximum absolute atomic E-state index is 10.4. The minimum Gasteiger partial charge on any atom is -0.480 e. The van der Waals surface area contributed by atoms with Crippen molar-refractivity contribution in [3.63, 3.8) is 0 Å². The summed E-state index contributed by atoms with van der Waals surface area (Å²) in [5.74, 6) is -0.958. The molecule has 0 aliphatic rings. The molecule has 1 aromatic rings. The number of nitrogens with two attached hydrogens (primary N) is 1. The van der Waals surface area contributed by atoms with Crippen molar-refractivity contribution in [2.75, 3.05) is 0 Å². The second-order valence-electron chi connectivity index (χ2n) is 3.25. The van der Waals surface area contributed by atoms with Crippen molar-refractivity contribution in [1.82, 2.24) is 4.91 Å². The average molecular weight is 223 g/mol. The largest absolute Gasteiger partial charge is 0.480 e. The first kappa shape index (κ1) is 14.0. The number of hydrogen-bond donors (Lipinski definition) is 4. The molecule has 0 saturated heterocycles. The standard InChI is InChI=1S/C10H13NO2.H2N3/c1-7-2-4-8(5-3-7)6-9(11)10(12)13;1-3-2/h2-5,9H,6,11H2,1H3,(H,12,13);1-2H/q;+1. The molecule has 0 fully saturated rings. The lowest BCUT2D eigenvalue weighted by Gasteiger charge is -2.05. The number of nitrogens with one attached hydrogen (secondary N) is 2. The summed E-state index contributed by atoms with van der Waals surface area (Å²) in [6.07, 6.45) is 0.385. The van der Waals surface area contributed by atoms with Crippen LogP contribution in [0.15, 0.2) is 24.3 Å². The highest BCUT2D eigenvalue weighted by Gasteiger charge is 2.11. The van der Waals surface area contributed by atoms with E-state index in [2.05, 4.69) is 0 Å². The van der Waals surface area contributed by atoms with Gasteiger partial charge in [-0.05, 0) is 18.9 Å². The lowest BCUT2D eigenvalue weighted by Crippen LogP contribution is -2.32. The zero-order valence-corrected chi connectivity index (χ0v) is 8.97. The first-order valence-corrected chi connectivity index (χ1v) is 4.58. The minimum atomic E-state index is -0.958. The molecule has 0 aliphatic carbocycles. The Hall–Kier alpha value is -2.04. The molecule has 5 N–H and O–H groups in total. The number of benzene rings is 1. The molecule has 1 aromatic carbocycles. The highest BCUT2D eigenvalue weighted by atomic mass is 16.4. The van der Waals surface area contributed by atoms with E-state index in [9.17, 15) is 4.79 Å². The van der Waals surface area contributed by atoms with Crippen molar-refractivity contribution >= 4 is 5.97 Å². The summed E-state index contributed by atoms with van der Waals surface area (Å²) in [7, 11) is 0. The monoisotopic (exact) mass is 223 g/mol. The predicted octanol–water partition coefficient (Wildman–Crippen LogP) is 1.06. The van der Waals surface area contributed by atoms with Crippen LogP contribution in [0, 0.1) is 18.0 Å². The van der Waals surface area contributed by atoms with E-state index in [1.54, 1.807) is 0 Å². The van der Waals surface area contributed by atoms with Crippen molar-refractivity contribution in [1.29, 1.82) is 11.1 Å². The molecule has 86 valence electrons. The summed E-state index contributed by atoms with van der Waals surface area (Å²) in [6.45, 7) is 1.99. The van der Waals surface area contributed by atoms with Crippen LogP contribution in [0.2, 0.25) is 0 Å². The van der Waals surface area contributed by atoms with Crippen LogP contribution in [0.5, 0.6) is 0 Å². The van der Waals surface area contributed by atoms with Gasteiger partial charge in [0.2, 0.25) is 4.91 Å². The third-order valence-corrected chi connectivity index (χ3v) is 1.89. The average Bonchev–Trinajstić information content (AvgIpc) is 2.22. The van der Waals surface area contributed by atoms with Crippen LogP contribution in [0.25, 0.3) is 0 Å². The highest BCUT2D eigenvalue weighted by molar-refractivity contribution is 5.73. The predicted molar refractivity (Wildman–Crippen MR) is 58.1 cm³/mol. The van der Waals surface area contributed by atoms with Crippen molar-refractivity contribution in [2.24, 2.45) is 5.73 Å². The first-order valence-electron chi connectivity index (χ1n) is 4.58. The quantitative estimate of drug-likeness (QED) is 0.452. The van der Waals surface area contributed by atoms with Crippen molar-refractivity contribution < 1.29 is 9.90 Å². The molecule has 0 bridgehead atoms. The Morgan fingerprint density at radius 3 is 2.25 bits per heavy atom. The highest BCUT2D eigenvalue weighted by Crippen LogP contribution is 2.05. The van der Waals surface area contributed by atoms with Crippen LogP contribution < -0.4 is 10.6 Å². The lowest BCUT2D eigenvalue weighted by molar-refractivity contribution is -0.138. The molecule has 16 heavy (non-hydrogen) atoms. The number of carboxylic acid groups (broad SMARTS) is 1. The summed E-state index contributed by atoms with van der Waals surface area (Å²) in [4.78, 5) is 12.4. The van der Waals surface area contributed by atoms with Gasteiger partial charge in [-0.1, -0.05) is 29.8 Å². The Balaban J connectivity index is 0.000000673. The number of nitrogens with zero attached hydrogens (tertiary/aromatic N) is 1. The van der Waals surface area contributed by atoms with Gasteiger partial charge in [-0.25, -0.2) is 0 Å². The van der Waals surface area contributed by atoms with E-state index in [1.165, 1.54) is 0 Å². The topological polar surface area (TPSA) is 125 Å². The maximum atomic E-state index is 10.4. The number of carboxylic acids is 1. The fourth-order valence-corrected chi connectivity index (χ4v) is 1.07. The molecular formula is C10H15N4O2+. The van der Waals surface area contributed by atoms with Gasteiger partial charge < -0.3 is 10.8 Å². The zero-order valence-electron chi connectivity index (χ0n) is 8.97. The molecule has 1 unspecified atom stereocenters. The van der Waals surface area contributed by atoms with Crippen molar-refractivity contribution in [2.45, 2.75) is 19.4 Å². The molecule has 6 nitrogen and oxygen atoms in total. The van der Waals surface area contributed by atoms with Gasteiger partial charge in [-0.2, -0.15) is 0 Å². The van der Waals surface area contributed by atoms with E-state index in [0.717, 1.165) is 11.1 Å². The Morgan fingerprint density at radius 2 is 1.88 bits per heavy atom. The lowest BCUT2D eigenvalue weighted by atomic mass is 10.1. The van der Waals surface area contributed by atoms with Crippen LogP contribution in [-0.2, 0) is 11.2 Å². The van der Waals surface area contributed by atoms with Crippen LogP contribution in [-0.4, -0.2) is 17.1 Å². The Kier molecular flexibility index (Phi) is 6.35. The number of hydrogen-bond acceptors (Lipinski definition) is 4. The molecule has 6 heteroatoms. The third kappa shape index (κ3) is 5.64. The minimum absolute atomic E-state index is 0.385. The molecule has 1 rings (SSSR count). The van der Waals surface area contributed by atoms with Gasteiger partial charge in [0, 0.05) is 0 Å². The summed E-state index contributed by atoms with van der Waals surface area (Å²) >= 11 is 0. The van der Waals surface area contributed by atoms with Gasteiger partial charge in [0.05, 0.1) is 0 Å². The van der Waals surface area contributed by atoms with Crippen LogP contribution in [0.3, 0.4) is 0 Å². The number of aliphatic carboxylic acids is 1. The molecule has 0 radical (unpaired) electrons. The molecule has 0 heterocycles. The van der Waals surface area contributed by atoms with E-state index in [-0.39, 0.29) is 0 Å². The summed E-state index contributed by atoms with van der Waals surface area (Å²) in [5.41, 5.74) is 18.5. The van der Waals surface area contributed by atoms with E-state index in [0.29, 0.717) is 6.42 Å². The Morgan fingerprint density at radius 1 is 1.44 bits per heavy atom. The second kappa shape index (κ2) is 7.28. The first-order chi connectivity index (χ1) is 7.51. The van der Waals surface area contributed by atoms with Gasteiger partial charge in [0.15, 0.2) is 0 Å². The maximum Gasteiger partial charge on any atom is 0.320 e. The van der Waals surface area contributed by atoms with Crippen LogP contribution in [0.4, 0.5) is 0 Å². The van der Waals surface area contributed by atoms with Gasteiger partial charge in [0.25, 0.3) is 0 Å². The number of carbonyl (C=O) groups is 1. The van der Waals surface area contributed by atoms with E-state index >= 15 is 0 Å². The van der Waals surface area contributed by atoms with Crippen molar-refractivity contribution in [3.8, 4) is 0 Å². The summed E-state index contributed by atoms with van der Waals surface area (Å²) < 4.78 is 0. The molecule has 1 atom stereocenters. The third-order valence-electron chi connectivity index (χ3n) is 1.89. The SMILES string of the molecule is Cc1ccc(CC(N)C(=O)O)cc1.N=[N+]=N.